The Morgan fingerprint density at radius 1 is 1.22 bits per heavy atom. The van der Waals surface area contributed by atoms with Gasteiger partial charge in [-0.15, -0.1) is 0 Å². The molecule has 0 spiro atoms. The summed E-state index contributed by atoms with van der Waals surface area (Å²) in [5.41, 5.74) is 1.88. The Morgan fingerprint density at radius 2 is 2.00 bits per heavy atom. The molecule has 0 saturated heterocycles. The van der Waals surface area contributed by atoms with Crippen molar-refractivity contribution in [2.75, 3.05) is 6.54 Å². The largest absolute Gasteiger partial charge is 0.387 e. The Labute approximate surface area is 111 Å². The molecule has 2 heterocycles. The lowest BCUT2D eigenvalue weighted by molar-refractivity contribution is 0.174. The third kappa shape index (κ3) is 3.77. The molecule has 0 radical (unpaired) electrons. The molecule has 18 heavy (non-hydrogen) atoms. The zero-order valence-electron chi connectivity index (χ0n) is 9.75. The lowest BCUT2D eigenvalue weighted by Crippen LogP contribution is -2.21. The fourth-order valence-electron chi connectivity index (χ4n) is 1.57. The first-order valence-corrected chi connectivity index (χ1v) is 6.02. The SMILES string of the molecule is OC(CNCc1ccc(Cl)nc1)c1ccncc1. The van der Waals surface area contributed by atoms with Crippen LogP contribution in [0.3, 0.4) is 0 Å². The third-order valence-corrected chi connectivity index (χ3v) is 2.77. The van der Waals surface area contributed by atoms with Crippen LogP contribution in [-0.2, 0) is 6.54 Å². The second-order valence-corrected chi connectivity index (χ2v) is 4.30. The van der Waals surface area contributed by atoms with E-state index in [2.05, 4.69) is 15.3 Å². The molecule has 0 aliphatic rings. The molecule has 2 N–H and O–H groups in total. The quantitative estimate of drug-likeness (QED) is 0.810. The van der Waals surface area contributed by atoms with Crippen LogP contribution >= 0.6 is 11.6 Å². The summed E-state index contributed by atoms with van der Waals surface area (Å²) >= 11 is 5.70. The van der Waals surface area contributed by atoms with Crippen LogP contribution < -0.4 is 5.32 Å². The highest BCUT2D eigenvalue weighted by Crippen LogP contribution is 2.10. The molecular weight excluding hydrogens is 250 g/mol. The predicted molar refractivity (Wildman–Crippen MR) is 70.2 cm³/mol. The third-order valence-electron chi connectivity index (χ3n) is 2.55. The van der Waals surface area contributed by atoms with Crippen LogP contribution in [0.25, 0.3) is 0 Å². The number of nitrogens with one attached hydrogen (secondary N) is 1. The first-order chi connectivity index (χ1) is 8.75. The molecule has 0 fully saturated rings. The Balaban J connectivity index is 1.80. The molecule has 94 valence electrons. The Kier molecular flexibility index (Phi) is 4.64. The van der Waals surface area contributed by atoms with Gasteiger partial charge in [-0.2, -0.15) is 0 Å². The fourth-order valence-corrected chi connectivity index (χ4v) is 1.68. The maximum atomic E-state index is 9.92. The summed E-state index contributed by atoms with van der Waals surface area (Å²) in [4.78, 5) is 7.90. The molecule has 0 aromatic carbocycles. The van der Waals surface area contributed by atoms with E-state index in [-0.39, 0.29) is 0 Å². The summed E-state index contributed by atoms with van der Waals surface area (Å²) in [7, 11) is 0. The Bertz CT molecular complexity index is 475. The second-order valence-electron chi connectivity index (χ2n) is 3.92. The van der Waals surface area contributed by atoms with Crippen LogP contribution in [0.5, 0.6) is 0 Å². The van der Waals surface area contributed by atoms with Crippen LogP contribution in [0.2, 0.25) is 5.15 Å². The minimum Gasteiger partial charge on any atom is -0.387 e. The van der Waals surface area contributed by atoms with E-state index in [4.69, 9.17) is 11.6 Å². The first kappa shape index (κ1) is 13.0. The van der Waals surface area contributed by atoms with Crippen molar-refractivity contribution in [2.24, 2.45) is 0 Å². The van der Waals surface area contributed by atoms with Gasteiger partial charge in [0.15, 0.2) is 0 Å². The summed E-state index contributed by atoms with van der Waals surface area (Å²) in [5.74, 6) is 0. The number of aliphatic hydroxyl groups excluding tert-OH is 1. The molecule has 0 aliphatic heterocycles. The maximum absolute atomic E-state index is 9.92. The fraction of sp³-hybridized carbons (Fsp3) is 0.231. The van der Waals surface area contributed by atoms with Gasteiger partial charge in [0.1, 0.15) is 5.15 Å². The molecule has 2 aromatic heterocycles. The molecule has 4 nitrogen and oxygen atoms in total. The van der Waals surface area contributed by atoms with Crippen LogP contribution in [0.1, 0.15) is 17.2 Å². The minimum atomic E-state index is -0.534. The van der Waals surface area contributed by atoms with Crippen LogP contribution in [0.15, 0.2) is 42.9 Å². The molecular formula is C13H14ClN3O. The molecule has 2 rings (SSSR count). The van der Waals surface area contributed by atoms with E-state index in [9.17, 15) is 5.11 Å². The first-order valence-electron chi connectivity index (χ1n) is 5.65. The lowest BCUT2D eigenvalue weighted by Gasteiger charge is -2.11. The van der Waals surface area contributed by atoms with Gasteiger partial charge in [0.05, 0.1) is 6.10 Å². The van der Waals surface area contributed by atoms with Crippen molar-refractivity contribution >= 4 is 11.6 Å². The summed E-state index contributed by atoms with van der Waals surface area (Å²) in [6.07, 6.45) is 4.52. The van der Waals surface area contributed by atoms with E-state index < -0.39 is 6.10 Å². The Hall–Kier alpha value is -1.49. The van der Waals surface area contributed by atoms with Crippen molar-refractivity contribution in [3.63, 3.8) is 0 Å². The van der Waals surface area contributed by atoms with Gasteiger partial charge < -0.3 is 10.4 Å². The molecule has 0 amide bonds. The van der Waals surface area contributed by atoms with Crippen LogP contribution in [-0.4, -0.2) is 21.6 Å². The molecule has 0 saturated carbocycles. The van der Waals surface area contributed by atoms with Crippen molar-refractivity contribution in [2.45, 2.75) is 12.6 Å². The van der Waals surface area contributed by atoms with E-state index in [0.29, 0.717) is 18.2 Å². The number of halogens is 1. The minimum absolute atomic E-state index is 0.479. The number of nitrogens with zero attached hydrogens (tertiary/aromatic N) is 2. The number of hydrogen-bond donors (Lipinski definition) is 2. The lowest BCUT2D eigenvalue weighted by atomic mass is 10.1. The molecule has 5 heteroatoms. The highest BCUT2D eigenvalue weighted by atomic mass is 35.5. The zero-order chi connectivity index (χ0) is 12.8. The Morgan fingerprint density at radius 3 is 2.67 bits per heavy atom. The average Bonchev–Trinajstić information content (AvgIpc) is 2.42. The van der Waals surface area contributed by atoms with Gasteiger partial charge in [-0.25, -0.2) is 4.98 Å². The van der Waals surface area contributed by atoms with Crippen molar-refractivity contribution in [3.05, 3.63) is 59.1 Å². The summed E-state index contributed by atoms with van der Waals surface area (Å²) < 4.78 is 0. The monoisotopic (exact) mass is 263 g/mol. The molecule has 1 atom stereocenters. The van der Waals surface area contributed by atoms with Crippen molar-refractivity contribution in [1.82, 2.24) is 15.3 Å². The van der Waals surface area contributed by atoms with Crippen molar-refractivity contribution in [3.8, 4) is 0 Å². The van der Waals surface area contributed by atoms with E-state index in [0.717, 1.165) is 11.1 Å². The van der Waals surface area contributed by atoms with Gasteiger partial charge in [-0.1, -0.05) is 17.7 Å². The van der Waals surface area contributed by atoms with E-state index in [1.54, 1.807) is 36.8 Å². The van der Waals surface area contributed by atoms with Gasteiger partial charge in [0.2, 0.25) is 0 Å². The molecule has 0 bridgehead atoms. The van der Waals surface area contributed by atoms with Gasteiger partial charge >= 0.3 is 0 Å². The van der Waals surface area contributed by atoms with Gasteiger partial charge in [-0.3, -0.25) is 4.98 Å². The second kappa shape index (κ2) is 6.44. The standard InChI is InChI=1S/C13H14ClN3O/c14-13-2-1-10(8-17-13)7-16-9-12(18)11-3-5-15-6-4-11/h1-6,8,12,16,18H,7,9H2. The summed E-state index contributed by atoms with van der Waals surface area (Å²) in [6, 6.07) is 7.26. The molecule has 0 aliphatic carbocycles. The highest BCUT2D eigenvalue weighted by molar-refractivity contribution is 6.29. The van der Waals surface area contributed by atoms with E-state index in [1.165, 1.54) is 0 Å². The van der Waals surface area contributed by atoms with Crippen molar-refractivity contribution in [1.29, 1.82) is 0 Å². The summed E-state index contributed by atoms with van der Waals surface area (Å²) in [6.45, 7) is 1.12. The summed E-state index contributed by atoms with van der Waals surface area (Å²) in [5, 5.41) is 13.6. The highest BCUT2D eigenvalue weighted by Gasteiger charge is 2.06. The van der Waals surface area contributed by atoms with Gasteiger partial charge in [0, 0.05) is 31.7 Å². The number of hydrogen-bond acceptors (Lipinski definition) is 4. The van der Waals surface area contributed by atoms with Crippen molar-refractivity contribution < 1.29 is 5.11 Å². The van der Waals surface area contributed by atoms with Crippen LogP contribution in [0.4, 0.5) is 0 Å². The van der Waals surface area contributed by atoms with E-state index >= 15 is 0 Å². The topological polar surface area (TPSA) is 58.0 Å². The zero-order valence-corrected chi connectivity index (χ0v) is 10.5. The number of rotatable bonds is 5. The maximum Gasteiger partial charge on any atom is 0.129 e. The predicted octanol–water partition coefficient (Wildman–Crippen LogP) is 1.95. The molecule has 2 aromatic rings. The van der Waals surface area contributed by atoms with Gasteiger partial charge in [0.25, 0.3) is 0 Å². The van der Waals surface area contributed by atoms with Crippen LogP contribution in [0, 0.1) is 0 Å². The smallest absolute Gasteiger partial charge is 0.129 e. The molecule has 1 unspecified atom stereocenters. The normalized spacial score (nSPS) is 12.3. The number of pyridine rings is 2. The van der Waals surface area contributed by atoms with E-state index in [1.807, 2.05) is 6.07 Å². The average molecular weight is 264 g/mol. The van der Waals surface area contributed by atoms with Gasteiger partial charge in [-0.05, 0) is 29.3 Å². The number of aromatic nitrogens is 2. The number of aliphatic hydroxyl groups is 1.